The van der Waals surface area contributed by atoms with Crippen LogP contribution >= 0.6 is 11.6 Å². The minimum atomic E-state index is 0.567. The highest BCUT2D eigenvalue weighted by atomic mass is 35.5. The van der Waals surface area contributed by atoms with Crippen molar-refractivity contribution >= 4 is 17.2 Å². The molecule has 20 heavy (non-hydrogen) atoms. The van der Waals surface area contributed by atoms with Crippen molar-refractivity contribution in [1.29, 1.82) is 0 Å². The van der Waals surface area contributed by atoms with Crippen LogP contribution in [0.4, 0.5) is 0 Å². The van der Waals surface area contributed by atoms with Gasteiger partial charge in [-0.15, -0.1) is 0 Å². The minimum Gasteiger partial charge on any atom is -0.330 e. The minimum absolute atomic E-state index is 0.567. The fraction of sp³-hybridized carbons (Fsp3) is 0.188. The largest absolute Gasteiger partial charge is 0.330 e. The van der Waals surface area contributed by atoms with Gasteiger partial charge in [0.2, 0.25) is 0 Å². The van der Waals surface area contributed by atoms with Crippen LogP contribution in [0.3, 0.4) is 0 Å². The van der Waals surface area contributed by atoms with E-state index in [1.54, 1.807) is 0 Å². The van der Waals surface area contributed by atoms with E-state index in [1.807, 2.05) is 22.6 Å². The SMILES string of the molecule is Cc1ccc(-c2nc3cccc(Cl)n3c2CCN)cc1. The van der Waals surface area contributed by atoms with Crippen LogP contribution in [-0.4, -0.2) is 15.9 Å². The summed E-state index contributed by atoms with van der Waals surface area (Å²) in [7, 11) is 0. The van der Waals surface area contributed by atoms with Crippen molar-refractivity contribution in [3.8, 4) is 11.3 Å². The second kappa shape index (κ2) is 5.27. The smallest absolute Gasteiger partial charge is 0.138 e. The highest BCUT2D eigenvalue weighted by Gasteiger charge is 2.14. The van der Waals surface area contributed by atoms with Gasteiger partial charge >= 0.3 is 0 Å². The number of rotatable bonds is 3. The molecule has 2 heterocycles. The second-order valence-electron chi connectivity index (χ2n) is 4.85. The first-order chi connectivity index (χ1) is 9.70. The maximum Gasteiger partial charge on any atom is 0.138 e. The number of halogens is 1. The number of nitrogens with two attached hydrogens (primary N) is 1. The number of benzene rings is 1. The van der Waals surface area contributed by atoms with Crippen LogP contribution in [0.5, 0.6) is 0 Å². The molecule has 0 fully saturated rings. The number of pyridine rings is 1. The molecule has 2 aromatic heterocycles. The van der Waals surface area contributed by atoms with Crippen LogP contribution in [0.1, 0.15) is 11.3 Å². The molecule has 0 radical (unpaired) electrons. The maximum atomic E-state index is 6.31. The molecular weight excluding hydrogens is 270 g/mol. The van der Waals surface area contributed by atoms with E-state index in [0.717, 1.165) is 29.0 Å². The van der Waals surface area contributed by atoms with Gasteiger partial charge in [0.25, 0.3) is 0 Å². The molecule has 0 aliphatic rings. The molecule has 3 aromatic rings. The Balaban J connectivity index is 2.26. The summed E-state index contributed by atoms with van der Waals surface area (Å²) in [6.07, 6.45) is 0.744. The fourth-order valence-electron chi connectivity index (χ4n) is 2.42. The monoisotopic (exact) mass is 285 g/mol. The summed E-state index contributed by atoms with van der Waals surface area (Å²) in [5, 5.41) is 0.664. The van der Waals surface area contributed by atoms with Gasteiger partial charge in [-0.2, -0.15) is 0 Å². The first kappa shape index (κ1) is 13.2. The molecule has 4 heteroatoms. The van der Waals surface area contributed by atoms with E-state index in [4.69, 9.17) is 22.3 Å². The molecule has 0 saturated heterocycles. The average molecular weight is 286 g/mol. The lowest BCUT2D eigenvalue weighted by Crippen LogP contribution is -2.06. The molecule has 0 unspecified atom stereocenters. The number of hydrogen-bond donors (Lipinski definition) is 1. The van der Waals surface area contributed by atoms with Crippen molar-refractivity contribution in [2.45, 2.75) is 13.3 Å². The van der Waals surface area contributed by atoms with E-state index in [-0.39, 0.29) is 0 Å². The van der Waals surface area contributed by atoms with Crippen LogP contribution in [0.2, 0.25) is 5.15 Å². The van der Waals surface area contributed by atoms with Gasteiger partial charge in [0.1, 0.15) is 10.8 Å². The van der Waals surface area contributed by atoms with E-state index >= 15 is 0 Å². The molecule has 3 rings (SSSR count). The van der Waals surface area contributed by atoms with E-state index in [1.165, 1.54) is 5.56 Å². The Kier molecular flexibility index (Phi) is 3.47. The summed E-state index contributed by atoms with van der Waals surface area (Å²) in [6, 6.07) is 14.1. The zero-order valence-electron chi connectivity index (χ0n) is 11.3. The number of fused-ring (bicyclic) bond motifs is 1. The number of hydrogen-bond acceptors (Lipinski definition) is 2. The second-order valence-corrected chi connectivity index (χ2v) is 5.24. The predicted molar refractivity (Wildman–Crippen MR) is 83.1 cm³/mol. The maximum absolute atomic E-state index is 6.31. The first-order valence-corrected chi connectivity index (χ1v) is 7.01. The van der Waals surface area contributed by atoms with E-state index < -0.39 is 0 Å². The van der Waals surface area contributed by atoms with Gasteiger partial charge in [0, 0.05) is 12.0 Å². The Morgan fingerprint density at radius 2 is 1.90 bits per heavy atom. The van der Waals surface area contributed by atoms with Crippen LogP contribution in [0, 0.1) is 6.92 Å². The van der Waals surface area contributed by atoms with E-state index in [9.17, 15) is 0 Å². The molecule has 0 aliphatic heterocycles. The van der Waals surface area contributed by atoms with Gasteiger partial charge in [0.05, 0.1) is 11.4 Å². The molecule has 1 aromatic carbocycles. The predicted octanol–water partition coefficient (Wildman–Crippen LogP) is 3.46. The standard InChI is InChI=1S/C16H16ClN3/c1-11-5-7-12(8-6-11)16-13(9-10-18)20-14(17)3-2-4-15(20)19-16/h2-8H,9-10,18H2,1H3. The highest BCUT2D eigenvalue weighted by molar-refractivity contribution is 6.29. The van der Waals surface area contributed by atoms with Gasteiger partial charge in [-0.3, -0.25) is 4.40 Å². The molecule has 0 atom stereocenters. The van der Waals surface area contributed by atoms with Crippen LogP contribution < -0.4 is 5.73 Å². The first-order valence-electron chi connectivity index (χ1n) is 6.63. The molecule has 102 valence electrons. The number of nitrogens with zero attached hydrogens (tertiary/aromatic N) is 2. The van der Waals surface area contributed by atoms with Gasteiger partial charge < -0.3 is 5.73 Å². The lowest BCUT2D eigenvalue weighted by atomic mass is 10.1. The van der Waals surface area contributed by atoms with Crippen molar-refractivity contribution in [3.05, 3.63) is 58.9 Å². The third-order valence-electron chi connectivity index (χ3n) is 3.40. The van der Waals surface area contributed by atoms with Crippen LogP contribution in [0.25, 0.3) is 16.9 Å². The number of imidazole rings is 1. The van der Waals surface area contributed by atoms with Gasteiger partial charge in [-0.25, -0.2) is 4.98 Å². The van der Waals surface area contributed by atoms with Gasteiger partial charge in [-0.05, 0) is 25.6 Å². The molecule has 0 amide bonds. The van der Waals surface area contributed by atoms with Gasteiger partial charge in [0.15, 0.2) is 0 Å². The summed E-state index contributed by atoms with van der Waals surface area (Å²) in [4.78, 5) is 4.71. The van der Waals surface area contributed by atoms with Crippen LogP contribution in [-0.2, 0) is 6.42 Å². The third kappa shape index (κ3) is 2.19. The Hall–Kier alpha value is -1.84. The lowest BCUT2D eigenvalue weighted by Gasteiger charge is -2.05. The van der Waals surface area contributed by atoms with Crippen molar-refractivity contribution < 1.29 is 0 Å². The van der Waals surface area contributed by atoms with Crippen molar-refractivity contribution in [1.82, 2.24) is 9.38 Å². The Labute approximate surface area is 123 Å². The Bertz CT molecular complexity index is 744. The quantitative estimate of drug-likeness (QED) is 0.749. The molecule has 3 nitrogen and oxygen atoms in total. The van der Waals surface area contributed by atoms with Crippen molar-refractivity contribution in [2.24, 2.45) is 5.73 Å². The molecular formula is C16H16ClN3. The average Bonchev–Trinajstić information content (AvgIpc) is 2.80. The summed E-state index contributed by atoms with van der Waals surface area (Å²) in [5.74, 6) is 0. The number of aryl methyl sites for hydroxylation is 1. The lowest BCUT2D eigenvalue weighted by molar-refractivity contribution is 0.907. The normalized spacial score (nSPS) is 11.2. The highest BCUT2D eigenvalue weighted by Crippen LogP contribution is 2.27. The zero-order chi connectivity index (χ0) is 14.1. The summed E-state index contributed by atoms with van der Waals surface area (Å²) in [6.45, 7) is 2.64. The van der Waals surface area contributed by atoms with E-state index in [0.29, 0.717) is 11.7 Å². The van der Waals surface area contributed by atoms with E-state index in [2.05, 4.69) is 31.2 Å². The Morgan fingerprint density at radius 1 is 1.15 bits per heavy atom. The summed E-state index contributed by atoms with van der Waals surface area (Å²) < 4.78 is 1.98. The zero-order valence-corrected chi connectivity index (χ0v) is 12.1. The molecule has 2 N–H and O–H groups in total. The number of aromatic nitrogens is 2. The molecule has 0 aliphatic carbocycles. The topological polar surface area (TPSA) is 43.3 Å². The summed E-state index contributed by atoms with van der Waals surface area (Å²) in [5.41, 5.74) is 11.0. The molecule has 0 spiro atoms. The summed E-state index contributed by atoms with van der Waals surface area (Å²) >= 11 is 6.31. The van der Waals surface area contributed by atoms with Crippen molar-refractivity contribution in [3.63, 3.8) is 0 Å². The molecule has 0 bridgehead atoms. The molecule has 0 saturated carbocycles. The van der Waals surface area contributed by atoms with Gasteiger partial charge in [-0.1, -0.05) is 47.5 Å². The van der Waals surface area contributed by atoms with Crippen molar-refractivity contribution in [2.75, 3.05) is 6.54 Å². The third-order valence-corrected chi connectivity index (χ3v) is 3.69. The fourth-order valence-corrected chi connectivity index (χ4v) is 2.68. The Morgan fingerprint density at radius 3 is 2.60 bits per heavy atom. The van der Waals surface area contributed by atoms with Crippen LogP contribution in [0.15, 0.2) is 42.5 Å².